The molecule has 0 bridgehead atoms. The number of amidine groups is 1. The van der Waals surface area contributed by atoms with Crippen LogP contribution in [0.4, 0.5) is 13.2 Å². The van der Waals surface area contributed by atoms with E-state index >= 15 is 0 Å². The van der Waals surface area contributed by atoms with E-state index in [-0.39, 0.29) is 17.6 Å². The van der Waals surface area contributed by atoms with E-state index < -0.39 is 11.7 Å². The third-order valence-corrected chi connectivity index (χ3v) is 4.04. The molecule has 0 amide bonds. The number of halogens is 3. The average Bonchev–Trinajstić information content (AvgIpc) is 2.34. The number of nitrogens with zero attached hydrogens (tertiary/aromatic N) is 1. The monoisotopic (exact) mass is 302 g/mol. The number of nitrogens with one attached hydrogen (secondary N) is 1. The topological polar surface area (TPSA) is 24.4 Å². The minimum atomic E-state index is -4.33. The first-order chi connectivity index (χ1) is 9.28. The smallest absolute Gasteiger partial charge is 0.360 e. The SMILES string of the molecule is CC1(C)CCSC(=NCc2ccccc2C(F)(F)F)N1. The largest absolute Gasteiger partial charge is 0.416 e. The highest BCUT2D eigenvalue weighted by Crippen LogP contribution is 2.32. The second kappa shape index (κ2) is 5.68. The zero-order valence-electron chi connectivity index (χ0n) is 11.4. The molecule has 0 aliphatic carbocycles. The van der Waals surface area contributed by atoms with Gasteiger partial charge in [-0.2, -0.15) is 13.2 Å². The van der Waals surface area contributed by atoms with Crippen LogP contribution in [0, 0.1) is 0 Å². The van der Waals surface area contributed by atoms with Crippen LogP contribution in [0.1, 0.15) is 31.4 Å². The first kappa shape index (κ1) is 15.2. The van der Waals surface area contributed by atoms with Crippen LogP contribution >= 0.6 is 11.8 Å². The Kier molecular flexibility index (Phi) is 4.32. The number of thioether (sulfide) groups is 1. The summed E-state index contributed by atoms with van der Waals surface area (Å²) >= 11 is 1.56. The molecular formula is C14H17F3N2S. The lowest BCUT2D eigenvalue weighted by atomic mass is 10.0. The second-order valence-electron chi connectivity index (χ2n) is 5.38. The van der Waals surface area contributed by atoms with Crippen LogP contribution in [-0.2, 0) is 12.7 Å². The van der Waals surface area contributed by atoms with Gasteiger partial charge in [0.1, 0.15) is 0 Å². The maximum Gasteiger partial charge on any atom is 0.416 e. The lowest BCUT2D eigenvalue weighted by Crippen LogP contribution is -2.46. The van der Waals surface area contributed by atoms with Gasteiger partial charge < -0.3 is 5.32 Å². The van der Waals surface area contributed by atoms with Gasteiger partial charge in [-0.25, -0.2) is 0 Å². The van der Waals surface area contributed by atoms with Crippen LogP contribution in [0.15, 0.2) is 29.3 Å². The molecule has 1 aliphatic heterocycles. The molecule has 1 aromatic carbocycles. The summed E-state index contributed by atoms with van der Waals surface area (Å²) in [5.41, 5.74) is -0.448. The third kappa shape index (κ3) is 3.91. The Bertz CT molecular complexity index is 509. The van der Waals surface area contributed by atoms with Crippen LogP contribution in [0.3, 0.4) is 0 Å². The Morgan fingerprint density at radius 3 is 2.65 bits per heavy atom. The summed E-state index contributed by atoms with van der Waals surface area (Å²) in [5, 5.41) is 3.97. The van der Waals surface area contributed by atoms with Crippen LogP contribution < -0.4 is 5.32 Å². The molecule has 1 saturated heterocycles. The van der Waals surface area contributed by atoms with Crippen molar-refractivity contribution in [3.8, 4) is 0 Å². The molecule has 6 heteroatoms. The van der Waals surface area contributed by atoms with Crippen molar-refractivity contribution in [3.05, 3.63) is 35.4 Å². The summed E-state index contributed by atoms with van der Waals surface area (Å²) in [4.78, 5) is 4.29. The van der Waals surface area contributed by atoms with Crippen LogP contribution in [0.2, 0.25) is 0 Å². The fourth-order valence-electron chi connectivity index (χ4n) is 1.97. The molecule has 0 atom stereocenters. The number of alkyl halides is 3. The van der Waals surface area contributed by atoms with Crippen molar-refractivity contribution in [2.24, 2.45) is 4.99 Å². The summed E-state index contributed by atoms with van der Waals surface area (Å²) < 4.78 is 38.6. The summed E-state index contributed by atoms with van der Waals surface area (Å²) in [7, 11) is 0. The van der Waals surface area contributed by atoms with Crippen molar-refractivity contribution >= 4 is 16.9 Å². The van der Waals surface area contributed by atoms with Gasteiger partial charge in [-0.05, 0) is 31.9 Å². The fourth-order valence-corrected chi connectivity index (χ4v) is 3.28. The maximum atomic E-state index is 12.9. The van der Waals surface area contributed by atoms with Gasteiger partial charge in [0.25, 0.3) is 0 Å². The van der Waals surface area contributed by atoms with Gasteiger partial charge in [0.2, 0.25) is 0 Å². The van der Waals surface area contributed by atoms with Crippen LogP contribution in [0.5, 0.6) is 0 Å². The van der Waals surface area contributed by atoms with Crippen molar-refractivity contribution < 1.29 is 13.2 Å². The van der Waals surface area contributed by atoms with E-state index in [0.29, 0.717) is 0 Å². The van der Waals surface area contributed by atoms with E-state index in [1.807, 2.05) is 0 Å². The molecule has 20 heavy (non-hydrogen) atoms. The third-order valence-electron chi connectivity index (χ3n) is 3.13. The highest BCUT2D eigenvalue weighted by Gasteiger charge is 2.32. The van der Waals surface area contributed by atoms with Gasteiger partial charge in [-0.15, -0.1) is 0 Å². The van der Waals surface area contributed by atoms with Gasteiger partial charge in [-0.3, -0.25) is 4.99 Å². The number of hydrogen-bond acceptors (Lipinski definition) is 2. The van der Waals surface area contributed by atoms with E-state index in [0.717, 1.165) is 23.4 Å². The van der Waals surface area contributed by atoms with E-state index in [1.165, 1.54) is 12.1 Å². The van der Waals surface area contributed by atoms with Crippen LogP contribution in [0.25, 0.3) is 0 Å². The lowest BCUT2D eigenvalue weighted by Gasteiger charge is -2.32. The van der Waals surface area contributed by atoms with Gasteiger partial charge in [0.15, 0.2) is 5.17 Å². The van der Waals surface area contributed by atoms with Crippen molar-refractivity contribution in [3.63, 3.8) is 0 Å². The highest BCUT2D eigenvalue weighted by molar-refractivity contribution is 8.13. The Labute approximate surface area is 120 Å². The molecule has 1 N–H and O–H groups in total. The summed E-state index contributed by atoms with van der Waals surface area (Å²) in [6.45, 7) is 4.17. The number of hydrogen-bond donors (Lipinski definition) is 1. The second-order valence-corrected chi connectivity index (χ2v) is 6.47. The molecule has 0 unspecified atom stereocenters. The molecule has 0 radical (unpaired) electrons. The highest BCUT2D eigenvalue weighted by atomic mass is 32.2. The van der Waals surface area contributed by atoms with E-state index in [1.54, 1.807) is 17.8 Å². The first-order valence-corrected chi connectivity index (χ1v) is 7.37. The molecule has 1 aromatic rings. The number of benzene rings is 1. The van der Waals surface area contributed by atoms with Gasteiger partial charge >= 0.3 is 6.18 Å². The first-order valence-electron chi connectivity index (χ1n) is 6.38. The normalized spacial score (nSPS) is 20.8. The Morgan fingerprint density at radius 1 is 1.30 bits per heavy atom. The molecule has 0 spiro atoms. The van der Waals surface area contributed by atoms with E-state index in [9.17, 15) is 13.2 Å². The molecule has 110 valence electrons. The average molecular weight is 302 g/mol. The maximum absolute atomic E-state index is 12.9. The van der Waals surface area contributed by atoms with Gasteiger partial charge in [0, 0.05) is 11.3 Å². The Balaban J connectivity index is 2.15. The van der Waals surface area contributed by atoms with Crippen LogP contribution in [-0.4, -0.2) is 16.5 Å². The summed E-state index contributed by atoms with van der Waals surface area (Å²) in [5.74, 6) is 0.930. The minimum absolute atomic E-state index is 0.0428. The van der Waals surface area contributed by atoms with Crippen molar-refractivity contribution in [1.82, 2.24) is 5.32 Å². The van der Waals surface area contributed by atoms with Gasteiger partial charge in [0.05, 0.1) is 12.1 Å². The number of aliphatic imine (C=N–C) groups is 1. The molecule has 2 nitrogen and oxygen atoms in total. The van der Waals surface area contributed by atoms with Crippen molar-refractivity contribution in [1.29, 1.82) is 0 Å². The Morgan fingerprint density at radius 2 is 2.00 bits per heavy atom. The standard InChI is InChI=1S/C14H17F3N2S/c1-13(2)7-8-20-12(19-13)18-9-10-5-3-4-6-11(10)14(15,16)17/h3-6H,7-9H2,1-2H3,(H,18,19). The number of rotatable bonds is 2. The van der Waals surface area contributed by atoms with Crippen molar-refractivity contribution in [2.45, 2.75) is 38.5 Å². The molecule has 0 saturated carbocycles. The fraction of sp³-hybridized carbons (Fsp3) is 0.500. The van der Waals surface area contributed by atoms with Crippen molar-refractivity contribution in [2.75, 3.05) is 5.75 Å². The molecular weight excluding hydrogens is 285 g/mol. The lowest BCUT2D eigenvalue weighted by molar-refractivity contribution is -0.138. The quantitative estimate of drug-likeness (QED) is 0.890. The summed E-state index contributed by atoms with van der Waals surface area (Å²) in [6.07, 6.45) is -3.32. The molecule has 0 aromatic heterocycles. The predicted octanol–water partition coefficient (Wildman–Crippen LogP) is 4.07. The minimum Gasteiger partial charge on any atom is -0.360 e. The van der Waals surface area contributed by atoms with E-state index in [2.05, 4.69) is 24.2 Å². The Hall–Kier alpha value is -1.17. The van der Waals surface area contributed by atoms with Gasteiger partial charge in [-0.1, -0.05) is 30.0 Å². The van der Waals surface area contributed by atoms with E-state index in [4.69, 9.17) is 0 Å². The molecule has 1 aliphatic rings. The molecule has 1 heterocycles. The predicted molar refractivity (Wildman–Crippen MR) is 76.9 cm³/mol. The summed E-state index contributed by atoms with van der Waals surface area (Å²) in [6, 6.07) is 5.58. The zero-order valence-corrected chi connectivity index (χ0v) is 12.2. The zero-order chi connectivity index (χ0) is 14.8. The molecule has 2 rings (SSSR count). The molecule has 1 fully saturated rings.